The topological polar surface area (TPSA) is 30.5 Å². The van der Waals surface area contributed by atoms with Gasteiger partial charge in [-0.15, -0.1) is 0 Å². The molecular weight excluding hydrogens is 202 g/mol. The van der Waals surface area contributed by atoms with Gasteiger partial charge in [-0.1, -0.05) is 12.1 Å². The third-order valence-electron chi connectivity index (χ3n) is 2.82. The first kappa shape index (κ1) is 11.0. The van der Waals surface area contributed by atoms with Crippen LogP contribution in [-0.2, 0) is 0 Å². The molecule has 0 spiro atoms. The average molecular weight is 219 g/mol. The molecule has 0 aliphatic carbocycles. The van der Waals surface area contributed by atoms with Crippen molar-refractivity contribution >= 4 is 5.57 Å². The minimum atomic E-state index is 0.779. The van der Waals surface area contributed by atoms with Crippen molar-refractivity contribution < 1.29 is 9.47 Å². The lowest BCUT2D eigenvalue weighted by molar-refractivity contribution is 0.355. The van der Waals surface area contributed by atoms with Crippen molar-refractivity contribution in [3.05, 3.63) is 29.8 Å². The Kier molecular flexibility index (Phi) is 3.47. The molecule has 86 valence electrons. The van der Waals surface area contributed by atoms with Gasteiger partial charge in [-0.3, -0.25) is 0 Å². The third-order valence-corrected chi connectivity index (χ3v) is 2.82. The minimum Gasteiger partial charge on any atom is -0.493 e. The van der Waals surface area contributed by atoms with Crippen molar-refractivity contribution in [2.75, 3.05) is 27.3 Å². The Morgan fingerprint density at radius 1 is 1.12 bits per heavy atom. The van der Waals surface area contributed by atoms with Crippen molar-refractivity contribution in [1.82, 2.24) is 5.32 Å². The molecule has 16 heavy (non-hydrogen) atoms. The molecule has 1 heterocycles. The van der Waals surface area contributed by atoms with Crippen LogP contribution < -0.4 is 14.8 Å². The van der Waals surface area contributed by atoms with Crippen LogP contribution in [0.3, 0.4) is 0 Å². The normalized spacial score (nSPS) is 15.5. The quantitative estimate of drug-likeness (QED) is 0.844. The molecule has 1 aliphatic heterocycles. The van der Waals surface area contributed by atoms with E-state index in [4.69, 9.17) is 9.47 Å². The molecule has 0 amide bonds. The Bertz CT molecular complexity index is 399. The summed E-state index contributed by atoms with van der Waals surface area (Å²) in [5.41, 5.74) is 2.60. The second-order valence-corrected chi connectivity index (χ2v) is 3.75. The fraction of sp³-hybridized carbons (Fsp3) is 0.385. The largest absolute Gasteiger partial charge is 0.493 e. The summed E-state index contributed by atoms with van der Waals surface area (Å²) in [5, 5.41) is 3.30. The number of hydrogen-bond donors (Lipinski definition) is 1. The van der Waals surface area contributed by atoms with Gasteiger partial charge < -0.3 is 14.8 Å². The first-order valence-corrected chi connectivity index (χ1v) is 5.47. The van der Waals surface area contributed by atoms with Gasteiger partial charge >= 0.3 is 0 Å². The lowest BCUT2D eigenvalue weighted by Gasteiger charge is -2.16. The molecule has 2 rings (SSSR count). The van der Waals surface area contributed by atoms with Crippen LogP contribution in [0.2, 0.25) is 0 Å². The molecule has 0 unspecified atom stereocenters. The lowest BCUT2D eigenvalue weighted by Crippen LogP contribution is -2.20. The average Bonchev–Trinajstić information content (AvgIpc) is 2.39. The molecule has 0 fully saturated rings. The highest BCUT2D eigenvalue weighted by Gasteiger charge is 2.09. The highest BCUT2D eigenvalue weighted by atomic mass is 16.5. The molecule has 0 bridgehead atoms. The second kappa shape index (κ2) is 5.03. The maximum absolute atomic E-state index is 5.30. The Labute approximate surface area is 96.1 Å². The summed E-state index contributed by atoms with van der Waals surface area (Å²) in [7, 11) is 3.32. The molecule has 0 aromatic heterocycles. The molecular formula is C13H17NO2. The van der Waals surface area contributed by atoms with Crippen LogP contribution in [0, 0.1) is 0 Å². The summed E-state index contributed by atoms with van der Waals surface area (Å²) < 4.78 is 10.5. The van der Waals surface area contributed by atoms with Gasteiger partial charge in [0.15, 0.2) is 11.5 Å². The van der Waals surface area contributed by atoms with E-state index in [0.29, 0.717) is 0 Å². The van der Waals surface area contributed by atoms with Crippen LogP contribution in [0.1, 0.15) is 12.0 Å². The van der Waals surface area contributed by atoms with Crippen molar-refractivity contribution in [3.8, 4) is 11.5 Å². The highest BCUT2D eigenvalue weighted by Crippen LogP contribution is 2.31. The zero-order valence-corrected chi connectivity index (χ0v) is 9.75. The zero-order chi connectivity index (χ0) is 11.4. The van der Waals surface area contributed by atoms with E-state index < -0.39 is 0 Å². The summed E-state index contributed by atoms with van der Waals surface area (Å²) >= 11 is 0. The van der Waals surface area contributed by atoms with Gasteiger partial charge in [-0.25, -0.2) is 0 Å². The minimum absolute atomic E-state index is 0.779. The van der Waals surface area contributed by atoms with Crippen LogP contribution in [0.4, 0.5) is 0 Å². The van der Waals surface area contributed by atoms with Gasteiger partial charge in [0.1, 0.15) is 0 Å². The summed E-state index contributed by atoms with van der Waals surface area (Å²) in [5.74, 6) is 1.57. The maximum Gasteiger partial charge on any atom is 0.161 e. The fourth-order valence-corrected chi connectivity index (χ4v) is 1.92. The van der Waals surface area contributed by atoms with Gasteiger partial charge in [0.25, 0.3) is 0 Å². The second-order valence-electron chi connectivity index (χ2n) is 3.75. The number of hydrogen-bond acceptors (Lipinski definition) is 3. The van der Waals surface area contributed by atoms with Crippen LogP contribution in [0.5, 0.6) is 11.5 Å². The molecule has 0 atom stereocenters. The Balaban J connectivity index is 2.31. The molecule has 0 saturated heterocycles. The molecule has 0 saturated carbocycles. The number of rotatable bonds is 3. The summed E-state index contributed by atoms with van der Waals surface area (Å²) in [6.07, 6.45) is 3.29. The SMILES string of the molecule is COc1ccc(C2=CCNCC2)cc1OC. The van der Waals surface area contributed by atoms with Crippen molar-refractivity contribution in [3.63, 3.8) is 0 Å². The fourth-order valence-electron chi connectivity index (χ4n) is 1.92. The Morgan fingerprint density at radius 3 is 2.56 bits per heavy atom. The molecule has 3 nitrogen and oxygen atoms in total. The Morgan fingerprint density at radius 2 is 1.94 bits per heavy atom. The van der Waals surface area contributed by atoms with Gasteiger partial charge in [-0.2, -0.15) is 0 Å². The number of methoxy groups -OCH3 is 2. The predicted molar refractivity (Wildman–Crippen MR) is 65.0 cm³/mol. The van der Waals surface area contributed by atoms with E-state index in [0.717, 1.165) is 31.0 Å². The maximum atomic E-state index is 5.30. The smallest absolute Gasteiger partial charge is 0.161 e. The molecule has 1 aromatic rings. The van der Waals surface area contributed by atoms with E-state index in [9.17, 15) is 0 Å². The molecule has 3 heteroatoms. The van der Waals surface area contributed by atoms with Crippen LogP contribution in [0.15, 0.2) is 24.3 Å². The van der Waals surface area contributed by atoms with Gasteiger partial charge in [0.2, 0.25) is 0 Å². The van der Waals surface area contributed by atoms with Crippen LogP contribution >= 0.6 is 0 Å². The number of benzene rings is 1. The van der Waals surface area contributed by atoms with Gasteiger partial charge in [0, 0.05) is 6.54 Å². The molecule has 1 aromatic carbocycles. The highest BCUT2D eigenvalue weighted by molar-refractivity contribution is 5.69. The number of ether oxygens (including phenoxy) is 2. The van der Waals surface area contributed by atoms with E-state index >= 15 is 0 Å². The first-order valence-electron chi connectivity index (χ1n) is 5.47. The van der Waals surface area contributed by atoms with Gasteiger partial charge in [0.05, 0.1) is 14.2 Å². The van der Waals surface area contributed by atoms with Crippen LogP contribution in [-0.4, -0.2) is 27.3 Å². The van der Waals surface area contributed by atoms with Gasteiger partial charge in [-0.05, 0) is 36.2 Å². The van der Waals surface area contributed by atoms with Crippen LogP contribution in [0.25, 0.3) is 5.57 Å². The first-order chi connectivity index (χ1) is 7.85. The van der Waals surface area contributed by atoms with E-state index in [1.165, 1.54) is 11.1 Å². The van der Waals surface area contributed by atoms with E-state index in [-0.39, 0.29) is 0 Å². The van der Waals surface area contributed by atoms with E-state index in [2.05, 4.69) is 17.5 Å². The van der Waals surface area contributed by atoms with E-state index in [1.807, 2.05) is 12.1 Å². The summed E-state index contributed by atoms with van der Waals surface area (Å²) in [6.45, 7) is 1.99. The summed E-state index contributed by atoms with van der Waals surface area (Å²) in [4.78, 5) is 0. The Hall–Kier alpha value is -1.48. The van der Waals surface area contributed by atoms with Crippen molar-refractivity contribution in [2.45, 2.75) is 6.42 Å². The molecule has 0 radical (unpaired) electrons. The van der Waals surface area contributed by atoms with Crippen molar-refractivity contribution in [2.24, 2.45) is 0 Å². The third kappa shape index (κ3) is 2.19. The lowest BCUT2D eigenvalue weighted by atomic mass is 10.00. The van der Waals surface area contributed by atoms with E-state index in [1.54, 1.807) is 14.2 Å². The monoisotopic (exact) mass is 219 g/mol. The van der Waals surface area contributed by atoms with Crippen molar-refractivity contribution in [1.29, 1.82) is 0 Å². The molecule has 1 N–H and O–H groups in total. The predicted octanol–water partition coefficient (Wildman–Crippen LogP) is 2.08. The number of nitrogens with one attached hydrogen (secondary N) is 1. The zero-order valence-electron chi connectivity index (χ0n) is 9.75. The standard InChI is InChI=1S/C13H17NO2/c1-15-12-4-3-11(9-13(12)16-2)10-5-7-14-8-6-10/h3-5,9,14H,6-8H2,1-2H3. The summed E-state index contributed by atoms with van der Waals surface area (Å²) in [6, 6.07) is 6.07. The molecule has 1 aliphatic rings.